The van der Waals surface area contributed by atoms with Crippen LogP contribution in [0.15, 0.2) is 42.5 Å². The maximum atomic E-state index is 12.3. The summed E-state index contributed by atoms with van der Waals surface area (Å²) in [6, 6.07) is 9.36. The van der Waals surface area contributed by atoms with Crippen LogP contribution in [0.4, 0.5) is 5.69 Å². The zero-order chi connectivity index (χ0) is 18.7. The number of ether oxygens (including phenoxy) is 2. The molecule has 26 heavy (non-hydrogen) atoms. The Hall–Kier alpha value is -3.15. The minimum atomic E-state index is -0.496. The number of carbonyl (C=O) groups is 1. The quantitative estimate of drug-likeness (QED) is 0.336. The van der Waals surface area contributed by atoms with Crippen LogP contribution in [0.3, 0.4) is 0 Å². The van der Waals surface area contributed by atoms with Gasteiger partial charge < -0.3 is 9.47 Å². The summed E-state index contributed by atoms with van der Waals surface area (Å²) in [4.78, 5) is 22.5. The van der Waals surface area contributed by atoms with Crippen molar-refractivity contribution >= 4 is 17.5 Å². The molecule has 2 aromatic rings. The lowest BCUT2D eigenvalue weighted by molar-refractivity contribution is -0.384. The first-order valence-corrected chi connectivity index (χ1v) is 8.41. The standard InChI is InChI=1S/C20H19NO5/c1-3-25-19-12-16-10-13(2)26-20(16)11-15(19)6-9-18(22)14-4-7-17(8-5-14)21(23)24/h4-9,11-13H,3,10H2,1-2H3/b9-6+/t13-/m1/s1. The Labute approximate surface area is 151 Å². The van der Waals surface area contributed by atoms with Crippen LogP contribution in [-0.2, 0) is 6.42 Å². The molecule has 0 saturated heterocycles. The minimum Gasteiger partial charge on any atom is -0.493 e. The first-order valence-electron chi connectivity index (χ1n) is 8.41. The van der Waals surface area contributed by atoms with Gasteiger partial charge in [-0.1, -0.05) is 0 Å². The van der Waals surface area contributed by atoms with E-state index in [4.69, 9.17) is 9.47 Å². The number of allylic oxidation sites excluding steroid dienone is 1. The highest BCUT2D eigenvalue weighted by atomic mass is 16.6. The lowest BCUT2D eigenvalue weighted by atomic mass is 10.0. The molecule has 1 atom stereocenters. The lowest BCUT2D eigenvalue weighted by Gasteiger charge is -2.10. The Kier molecular flexibility index (Phi) is 5.02. The van der Waals surface area contributed by atoms with Crippen LogP contribution in [-0.4, -0.2) is 23.4 Å². The van der Waals surface area contributed by atoms with E-state index in [0.717, 1.165) is 23.3 Å². The second-order valence-electron chi connectivity index (χ2n) is 6.06. The van der Waals surface area contributed by atoms with Gasteiger partial charge in [0.05, 0.1) is 11.5 Å². The summed E-state index contributed by atoms with van der Waals surface area (Å²) in [5.74, 6) is 1.28. The topological polar surface area (TPSA) is 78.7 Å². The van der Waals surface area contributed by atoms with E-state index >= 15 is 0 Å². The van der Waals surface area contributed by atoms with Crippen LogP contribution in [0, 0.1) is 10.1 Å². The van der Waals surface area contributed by atoms with Crippen LogP contribution in [0.5, 0.6) is 11.5 Å². The highest BCUT2D eigenvalue weighted by Gasteiger charge is 2.21. The summed E-state index contributed by atoms with van der Waals surface area (Å²) in [6.45, 7) is 4.43. The fraction of sp³-hybridized carbons (Fsp3) is 0.250. The van der Waals surface area contributed by atoms with Gasteiger partial charge in [-0.05, 0) is 50.3 Å². The molecule has 2 aromatic carbocycles. The second kappa shape index (κ2) is 7.39. The fourth-order valence-corrected chi connectivity index (χ4v) is 2.87. The Bertz CT molecular complexity index is 871. The molecule has 0 spiro atoms. The minimum absolute atomic E-state index is 0.0472. The molecule has 0 fully saturated rings. The molecule has 0 bridgehead atoms. The number of rotatable bonds is 6. The van der Waals surface area contributed by atoms with Gasteiger partial charge in [0.2, 0.25) is 0 Å². The molecule has 0 unspecified atom stereocenters. The average molecular weight is 353 g/mol. The number of non-ortho nitro benzene ring substituents is 1. The van der Waals surface area contributed by atoms with Gasteiger partial charge in [0.25, 0.3) is 5.69 Å². The third-order valence-electron chi connectivity index (χ3n) is 4.11. The van der Waals surface area contributed by atoms with E-state index in [1.807, 2.05) is 26.0 Å². The van der Waals surface area contributed by atoms with Gasteiger partial charge >= 0.3 is 0 Å². The van der Waals surface area contributed by atoms with Crippen LogP contribution in [0.2, 0.25) is 0 Å². The summed E-state index contributed by atoms with van der Waals surface area (Å²) in [7, 11) is 0. The van der Waals surface area contributed by atoms with E-state index in [-0.39, 0.29) is 17.6 Å². The molecule has 0 amide bonds. The van der Waals surface area contributed by atoms with Gasteiger partial charge in [-0.15, -0.1) is 0 Å². The predicted molar refractivity (Wildman–Crippen MR) is 97.9 cm³/mol. The summed E-state index contributed by atoms with van der Waals surface area (Å²) < 4.78 is 11.5. The molecule has 1 aliphatic heterocycles. The monoisotopic (exact) mass is 353 g/mol. The highest BCUT2D eigenvalue weighted by molar-refractivity contribution is 6.07. The van der Waals surface area contributed by atoms with Gasteiger partial charge in [0.1, 0.15) is 17.6 Å². The number of nitro benzene ring substituents is 1. The first kappa shape index (κ1) is 17.7. The van der Waals surface area contributed by atoms with Crippen LogP contribution < -0.4 is 9.47 Å². The second-order valence-corrected chi connectivity index (χ2v) is 6.06. The zero-order valence-electron chi connectivity index (χ0n) is 14.6. The molecule has 1 aliphatic rings. The van der Waals surface area contributed by atoms with Crippen molar-refractivity contribution < 1.29 is 19.2 Å². The van der Waals surface area contributed by atoms with E-state index in [1.165, 1.54) is 30.3 Å². The smallest absolute Gasteiger partial charge is 0.269 e. The SMILES string of the molecule is CCOc1cc2c(cc1/C=C/C(=O)c1ccc([N+](=O)[O-])cc1)O[C@H](C)C2. The molecule has 0 aliphatic carbocycles. The highest BCUT2D eigenvalue weighted by Crippen LogP contribution is 2.35. The summed E-state index contributed by atoms with van der Waals surface area (Å²) in [6.07, 6.45) is 4.08. The average Bonchev–Trinajstić information content (AvgIpc) is 2.98. The van der Waals surface area contributed by atoms with Gasteiger partial charge in [-0.2, -0.15) is 0 Å². The van der Waals surface area contributed by atoms with Gasteiger partial charge in [-0.3, -0.25) is 14.9 Å². The maximum absolute atomic E-state index is 12.3. The van der Waals surface area contributed by atoms with E-state index in [2.05, 4.69) is 0 Å². The third kappa shape index (κ3) is 3.74. The molecule has 134 valence electrons. The van der Waals surface area contributed by atoms with Gasteiger partial charge in [-0.25, -0.2) is 0 Å². The molecule has 1 heterocycles. The summed E-state index contributed by atoms with van der Waals surface area (Å²) >= 11 is 0. The van der Waals surface area contributed by atoms with Crippen molar-refractivity contribution in [3.05, 3.63) is 69.3 Å². The zero-order valence-corrected chi connectivity index (χ0v) is 14.6. The molecule has 3 rings (SSSR count). The number of ketones is 1. The number of nitro groups is 1. The maximum Gasteiger partial charge on any atom is 0.269 e. The molecular weight excluding hydrogens is 334 g/mol. The van der Waals surface area contributed by atoms with E-state index < -0.39 is 4.92 Å². The van der Waals surface area contributed by atoms with E-state index in [1.54, 1.807) is 6.08 Å². The number of carbonyl (C=O) groups excluding carboxylic acids is 1. The third-order valence-corrected chi connectivity index (χ3v) is 4.11. The number of benzene rings is 2. The van der Waals surface area contributed by atoms with Crippen LogP contribution >= 0.6 is 0 Å². The fourth-order valence-electron chi connectivity index (χ4n) is 2.87. The Balaban J connectivity index is 1.84. The van der Waals surface area contributed by atoms with E-state index in [0.29, 0.717) is 17.9 Å². The lowest BCUT2D eigenvalue weighted by Crippen LogP contribution is -2.05. The summed E-state index contributed by atoms with van der Waals surface area (Å²) in [5, 5.41) is 10.7. The molecule has 6 nitrogen and oxygen atoms in total. The van der Waals surface area contributed by atoms with Gasteiger partial charge in [0, 0.05) is 35.2 Å². The summed E-state index contributed by atoms with van der Waals surface area (Å²) in [5.41, 5.74) is 2.19. The van der Waals surface area contributed by atoms with Crippen molar-refractivity contribution in [2.75, 3.05) is 6.61 Å². The molecule has 0 aromatic heterocycles. The molecule has 6 heteroatoms. The molecule has 0 saturated carbocycles. The van der Waals surface area contributed by atoms with Crippen LogP contribution in [0.25, 0.3) is 6.08 Å². The Morgan fingerprint density at radius 2 is 2.08 bits per heavy atom. The largest absolute Gasteiger partial charge is 0.493 e. The Morgan fingerprint density at radius 1 is 1.35 bits per heavy atom. The Morgan fingerprint density at radius 3 is 2.73 bits per heavy atom. The van der Waals surface area contributed by atoms with Crippen molar-refractivity contribution in [3.63, 3.8) is 0 Å². The van der Waals surface area contributed by atoms with E-state index in [9.17, 15) is 14.9 Å². The number of nitrogens with zero attached hydrogens (tertiary/aromatic N) is 1. The number of fused-ring (bicyclic) bond motifs is 1. The predicted octanol–water partition coefficient (Wildman–Crippen LogP) is 4.21. The van der Waals surface area contributed by atoms with Crippen LogP contribution in [0.1, 0.15) is 35.3 Å². The molecule has 0 N–H and O–H groups in total. The molecule has 0 radical (unpaired) electrons. The number of hydrogen-bond donors (Lipinski definition) is 0. The van der Waals surface area contributed by atoms with Crippen molar-refractivity contribution in [3.8, 4) is 11.5 Å². The van der Waals surface area contributed by atoms with Crippen molar-refractivity contribution in [2.45, 2.75) is 26.4 Å². The normalized spacial score (nSPS) is 15.5. The first-order chi connectivity index (χ1) is 12.5. The molecular formula is C20H19NO5. The van der Waals surface area contributed by atoms with Gasteiger partial charge in [0.15, 0.2) is 5.78 Å². The van der Waals surface area contributed by atoms with Crippen molar-refractivity contribution in [1.29, 1.82) is 0 Å². The number of hydrogen-bond acceptors (Lipinski definition) is 5. The van der Waals surface area contributed by atoms with Crippen molar-refractivity contribution in [1.82, 2.24) is 0 Å². The van der Waals surface area contributed by atoms with Crippen molar-refractivity contribution in [2.24, 2.45) is 0 Å².